The van der Waals surface area contributed by atoms with Gasteiger partial charge in [-0.3, -0.25) is 4.57 Å². The van der Waals surface area contributed by atoms with Gasteiger partial charge in [-0.2, -0.15) is 0 Å². The number of hydrogen-bond donors (Lipinski definition) is 1. The summed E-state index contributed by atoms with van der Waals surface area (Å²) in [5.74, 6) is -0.0589. The first kappa shape index (κ1) is 20.3. The average Bonchev–Trinajstić information content (AvgIpc) is 2.54. The van der Waals surface area contributed by atoms with Crippen LogP contribution >= 0.6 is 7.37 Å². The summed E-state index contributed by atoms with van der Waals surface area (Å²) in [6.07, 6.45) is 0.311. The van der Waals surface area contributed by atoms with E-state index < -0.39 is 13.4 Å². The summed E-state index contributed by atoms with van der Waals surface area (Å²) in [5.41, 5.74) is 8.18. The standard InChI is InChI=1S/C17H30NO4P/c1-5-20-17(21-6-2)23(19,22-7-3)13-16(12-18)15-10-8-14(4)9-11-15/h8-11,16-17H,5-7,12-13,18H2,1-4H3. The third-order valence-corrected chi connectivity index (χ3v) is 6.18. The van der Waals surface area contributed by atoms with Crippen molar-refractivity contribution in [2.45, 2.75) is 39.6 Å². The average molecular weight is 343 g/mol. The fourth-order valence-electron chi connectivity index (χ4n) is 2.44. The molecule has 6 heteroatoms. The fraction of sp³-hybridized carbons (Fsp3) is 0.647. The summed E-state index contributed by atoms with van der Waals surface area (Å²) in [6.45, 7) is 9.13. The molecule has 0 saturated heterocycles. The van der Waals surface area contributed by atoms with Crippen molar-refractivity contribution in [1.29, 1.82) is 0 Å². The molecule has 0 amide bonds. The van der Waals surface area contributed by atoms with Crippen LogP contribution in [0.1, 0.15) is 37.8 Å². The van der Waals surface area contributed by atoms with Gasteiger partial charge in [0.1, 0.15) is 0 Å². The summed E-state index contributed by atoms with van der Waals surface area (Å²) in [6, 6.07) is 7.29. The molecule has 0 aliphatic carbocycles. The second kappa shape index (κ2) is 10.2. The smallest absolute Gasteiger partial charge is 0.258 e. The second-order valence-corrected chi connectivity index (χ2v) is 7.88. The van der Waals surface area contributed by atoms with Gasteiger partial charge < -0.3 is 19.7 Å². The number of benzene rings is 1. The minimum absolute atomic E-state index is 0.0589. The molecule has 0 bridgehead atoms. The van der Waals surface area contributed by atoms with E-state index >= 15 is 0 Å². The summed E-state index contributed by atoms with van der Waals surface area (Å²) in [4.78, 5) is 0. The molecule has 1 rings (SSSR count). The Hall–Kier alpha value is -0.710. The molecule has 0 aliphatic rings. The quantitative estimate of drug-likeness (QED) is 0.490. The van der Waals surface area contributed by atoms with Gasteiger partial charge in [-0.05, 0) is 39.8 Å². The monoisotopic (exact) mass is 343 g/mol. The van der Waals surface area contributed by atoms with E-state index in [0.29, 0.717) is 32.5 Å². The van der Waals surface area contributed by atoms with Crippen LogP contribution in [0.3, 0.4) is 0 Å². The van der Waals surface area contributed by atoms with Crippen LogP contribution in [-0.4, -0.2) is 38.6 Å². The molecule has 2 atom stereocenters. The second-order valence-electron chi connectivity index (χ2n) is 5.39. The fourth-order valence-corrected chi connectivity index (χ4v) is 5.00. The zero-order chi connectivity index (χ0) is 17.3. The van der Waals surface area contributed by atoms with Gasteiger partial charge in [0.2, 0.25) is 6.03 Å². The lowest BCUT2D eigenvalue weighted by Gasteiger charge is -2.29. The minimum Gasteiger partial charge on any atom is -0.345 e. The van der Waals surface area contributed by atoms with E-state index in [1.54, 1.807) is 0 Å². The summed E-state index contributed by atoms with van der Waals surface area (Å²) < 4.78 is 30.1. The van der Waals surface area contributed by atoms with E-state index in [4.69, 9.17) is 19.7 Å². The van der Waals surface area contributed by atoms with Crippen LogP contribution in [0.25, 0.3) is 0 Å². The van der Waals surface area contributed by atoms with E-state index in [9.17, 15) is 4.57 Å². The van der Waals surface area contributed by atoms with Crippen LogP contribution in [0.5, 0.6) is 0 Å². The Labute approximate surface area is 140 Å². The minimum atomic E-state index is -3.14. The molecule has 0 spiro atoms. The molecule has 2 unspecified atom stereocenters. The molecule has 5 nitrogen and oxygen atoms in total. The third kappa shape index (κ3) is 6.02. The maximum absolute atomic E-state index is 13.4. The lowest BCUT2D eigenvalue weighted by atomic mass is 10.0. The molecule has 0 aromatic heterocycles. The number of aryl methyl sites for hydroxylation is 1. The normalized spacial score (nSPS) is 15.6. The molecule has 0 saturated carbocycles. The van der Waals surface area contributed by atoms with Crippen molar-refractivity contribution in [3.63, 3.8) is 0 Å². The Kier molecular flexibility index (Phi) is 9.03. The molecule has 0 heterocycles. The van der Waals surface area contributed by atoms with Crippen LogP contribution in [0.15, 0.2) is 24.3 Å². The molecule has 0 aliphatic heterocycles. The molecular weight excluding hydrogens is 313 g/mol. The molecule has 0 radical (unpaired) electrons. The first-order valence-corrected chi connectivity index (χ1v) is 10.1. The lowest BCUT2D eigenvalue weighted by Crippen LogP contribution is -2.25. The number of ether oxygens (including phenoxy) is 2. The zero-order valence-corrected chi connectivity index (χ0v) is 15.6. The first-order chi connectivity index (χ1) is 11.0. The predicted molar refractivity (Wildman–Crippen MR) is 94.1 cm³/mol. The van der Waals surface area contributed by atoms with E-state index in [1.165, 1.54) is 5.56 Å². The third-order valence-electron chi connectivity index (χ3n) is 3.60. The Balaban J connectivity index is 3.02. The van der Waals surface area contributed by atoms with E-state index in [-0.39, 0.29) is 5.92 Å². The van der Waals surface area contributed by atoms with E-state index in [1.807, 2.05) is 52.0 Å². The van der Waals surface area contributed by atoms with Crippen LogP contribution < -0.4 is 5.73 Å². The number of nitrogens with two attached hydrogens (primary N) is 1. The van der Waals surface area contributed by atoms with Crippen molar-refractivity contribution in [2.75, 3.05) is 32.5 Å². The van der Waals surface area contributed by atoms with Gasteiger partial charge in [-0.1, -0.05) is 29.8 Å². The Bertz CT molecular complexity index is 486. The summed E-state index contributed by atoms with van der Waals surface area (Å²) in [5, 5.41) is 0. The van der Waals surface area contributed by atoms with Gasteiger partial charge in [-0.25, -0.2) is 0 Å². The summed E-state index contributed by atoms with van der Waals surface area (Å²) >= 11 is 0. The van der Waals surface area contributed by atoms with Gasteiger partial charge in [0, 0.05) is 25.3 Å². The molecule has 2 N–H and O–H groups in total. The van der Waals surface area contributed by atoms with Crippen molar-refractivity contribution >= 4 is 7.37 Å². The van der Waals surface area contributed by atoms with Gasteiger partial charge in [0.25, 0.3) is 7.37 Å². The van der Waals surface area contributed by atoms with Crippen LogP contribution in [0.2, 0.25) is 0 Å². The zero-order valence-electron chi connectivity index (χ0n) is 14.7. The Morgan fingerprint density at radius 2 is 1.61 bits per heavy atom. The van der Waals surface area contributed by atoms with Gasteiger partial charge >= 0.3 is 0 Å². The molecular formula is C17H30NO4P. The van der Waals surface area contributed by atoms with Crippen molar-refractivity contribution in [1.82, 2.24) is 0 Å². The maximum Gasteiger partial charge on any atom is 0.258 e. The van der Waals surface area contributed by atoms with Gasteiger partial charge in [-0.15, -0.1) is 0 Å². The molecule has 1 aromatic rings. The van der Waals surface area contributed by atoms with Crippen molar-refractivity contribution < 1.29 is 18.6 Å². The SMILES string of the molecule is CCOC(OCC)P(=O)(CC(CN)c1ccc(C)cc1)OCC. The van der Waals surface area contributed by atoms with Crippen molar-refractivity contribution in [3.05, 3.63) is 35.4 Å². The number of rotatable bonds is 11. The topological polar surface area (TPSA) is 70.8 Å². The molecule has 1 aromatic carbocycles. The predicted octanol–water partition coefficient (Wildman–Crippen LogP) is 3.71. The van der Waals surface area contributed by atoms with E-state index in [2.05, 4.69) is 0 Å². The lowest BCUT2D eigenvalue weighted by molar-refractivity contribution is -0.0889. The molecule has 132 valence electrons. The largest absolute Gasteiger partial charge is 0.345 e. The number of hydrogen-bond acceptors (Lipinski definition) is 5. The molecule has 0 fully saturated rings. The Morgan fingerprint density at radius 3 is 2.04 bits per heavy atom. The molecule has 23 heavy (non-hydrogen) atoms. The van der Waals surface area contributed by atoms with Crippen LogP contribution in [-0.2, 0) is 18.6 Å². The summed E-state index contributed by atoms with van der Waals surface area (Å²) in [7, 11) is -3.14. The van der Waals surface area contributed by atoms with Crippen LogP contribution in [0, 0.1) is 6.92 Å². The highest BCUT2D eigenvalue weighted by Crippen LogP contribution is 2.55. The van der Waals surface area contributed by atoms with E-state index in [0.717, 1.165) is 5.56 Å². The van der Waals surface area contributed by atoms with Crippen LogP contribution in [0.4, 0.5) is 0 Å². The first-order valence-electron chi connectivity index (χ1n) is 8.23. The maximum atomic E-state index is 13.4. The van der Waals surface area contributed by atoms with Crippen molar-refractivity contribution in [3.8, 4) is 0 Å². The highest BCUT2D eigenvalue weighted by molar-refractivity contribution is 7.59. The highest BCUT2D eigenvalue weighted by atomic mass is 31.2. The van der Waals surface area contributed by atoms with Crippen molar-refractivity contribution in [2.24, 2.45) is 5.73 Å². The van der Waals surface area contributed by atoms with Gasteiger partial charge in [0.15, 0.2) is 0 Å². The Morgan fingerprint density at radius 1 is 1.04 bits per heavy atom. The highest BCUT2D eigenvalue weighted by Gasteiger charge is 2.38. The van der Waals surface area contributed by atoms with Gasteiger partial charge in [0.05, 0.1) is 6.61 Å².